The van der Waals surface area contributed by atoms with Crippen LogP contribution in [0.25, 0.3) is 10.2 Å². The number of fused-ring (bicyclic) bond motifs is 1. The molecule has 5 nitrogen and oxygen atoms in total. The van der Waals surface area contributed by atoms with Crippen LogP contribution in [0.3, 0.4) is 0 Å². The maximum absolute atomic E-state index is 11.9. The normalized spacial score (nSPS) is 25.8. The third kappa shape index (κ3) is 3.01. The largest absolute Gasteiger partial charge is 0.355 e. The molecule has 2 aliphatic rings. The Morgan fingerprint density at radius 3 is 2.96 bits per heavy atom. The van der Waals surface area contributed by atoms with Gasteiger partial charge in [0.15, 0.2) is 0 Å². The van der Waals surface area contributed by atoms with Gasteiger partial charge >= 0.3 is 0 Å². The number of rotatable bonds is 4. The predicted octanol–water partition coefficient (Wildman–Crippen LogP) is 3.38. The van der Waals surface area contributed by atoms with E-state index < -0.39 is 0 Å². The van der Waals surface area contributed by atoms with Crippen molar-refractivity contribution >= 4 is 33.3 Å². The third-order valence-electron chi connectivity index (χ3n) is 5.68. The fourth-order valence-corrected chi connectivity index (χ4v) is 5.15. The van der Waals surface area contributed by atoms with Crippen LogP contribution in [-0.2, 0) is 11.2 Å². The number of anilines is 1. The molecule has 6 heteroatoms. The molecule has 1 aliphatic heterocycles. The molecule has 2 aromatic rings. The summed E-state index contributed by atoms with van der Waals surface area (Å²) < 4.78 is 0. The van der Waals surface area contributed by atoms with Gasteiger partial charge in [-0.25, -0.2) is 9.97 Å². The van der Waals surface area contributed by atoms with Crippen LogP contribution in [0.15, 0.2) is 12.4 Å². The fraction of sp³-hybridized carbons (Fsp3) is 0.632. The Kier molecular flexibility index (Phi) is 4.18. The third-order valence-corrected chi connectivity index (χ3v) is 6.86. The molecule has 25 heavy (non-hydrogen) atoms. The summed E-state index contributed by atoms with van der Waals surface area (Å²) in [5, 5.41) is 4.38. The van der Waals surface area contributed by atoms with E-state index >= 15 is 0 Å². The van der Waals surface area contributed by atoms with Gasteiger partial charge in [0.1, 0.15) is 17.0 Å². The molecule has 0 radical (unpaired) electrons. The van der Waals surface area contributed by atoms with Gasteiger partial charge in [-0.05, 0) is 37.2 Å². The monoisotopic (exact) mass is 358 g/mol. The number of amides is 1. The molecule has 1 N–H and O–H groups in total. The van der Waals surface area contributed by atoms with E-state index in [0.29, 0.717) is 11.5 Å². The summed E-state index contributed by atoms with van der Waals surface area (Å²) in [7, 11) is 0. The van der Waals surface area contributed by atoms with Crippen molar-refractivity contribution < 1.29 is 4.79 Å². The van der Waals surface area contributed by atoms with Crippen LogP contribution in [-0.4, -0.2) is 35.0 Å². The zero-order valence-electron chi connectivity index (χ0n) is 15.2. The molecule has 0 unspecified atom stereocenters. The van der Waals surface area contributed by atoms with Gasteiger partial charge in [0.25, 0.3) is 0 Å². The number of aryl methyl sites for hydroxylation is 1. The van der Waals surface area contributed by atoms with Gasteiger partial charge in [-0.15, -0.1) is 11.3 Å². The Bertz CT molecular complexity index is 794. The smallest absolute Gasteiger partial charge is 0.222 e. The second kappa shape index (κ2) is 6.24. The van der Waals surface area contributed by atoms with Crippen molar-refractivity contribution in [2.45, 2.75) is 52.5 Å². The highest BCUT2D eigenvalue weighted by Crippen LogP contribution is 2.49. The van der Waals surface area contributed by atoms with Gasteiger partial charge in [-0.1, -0.05) is 20.8 Å². The second-order valence-electron chi connectivity index (χ2n) is 7.92. The standard InChI is InChI=1S/C19H26N4OS/c1-4-14-7-15-16(20-11-21-18(15)25-14)23-6-5-19(10-23)8-13(9-19)22-17(24)12(2)3/h7,11-13H,4-6,8-10H2,1-3H3,(H,22,24). The maximum Gasteiger partial charge on any atom is 0.222 e. The molecule has 134 valence electrons. The lowest BCUT2D eigenvalue weighted by molar-refractivity contribution is -0.126. The minimum Gasteiger partial charge on any atom is -0.355 e. The Morgan fingerprint density at radius 2 is 2.24 bits per heavy atom. The van der Waals surface area contributed by atoms with Gasteiger partial charge in [0.05, 0.1) is 5.39 Å². The molecular weight excluding hydrogens is 332 g/mol. The minimum atomic E-state index is 0.0669. The van der Waals surface area contributed by atoms with Crippen LogP contribution in [0, 0.1) is 11.3 Å². The first-order valence-corrected chi connectivity index (χ1v) is 10.1. The molecule has 1 saturated heterocycles. The van der Waals surface area contributed by atoms with Gasteiger partial charge < -0.3 is 10.2 Å². The molecule has 2 fully saturated rings. The van der Waals surface area contributed by atoms with Crippen LogP contribution in [0.1, 0.15) is 44.9 Å². The van der Waals surface area contributed by atoms with Crippen molar-refractivity contribution in [3.63, 3.8) is 0 Å². The van der Waals surface area contributed by atoms with E-state index in [0.717, 1.165) is 43.0 Å². The molecule has 2 aromatic heterocycles. The molecule has 4 rings (SSSR count). The molecule has 1 spiro atoms. The van der Waals surface area contributed by atoms with Crippen molar-refractivity contribution in [3.8, 4) is 0 Å². The maximum atomic E-state index is 11.9. The van der Waals surface area contributed by atoms with Crippen molar-refractivity contribution in [3.05, 3.63) is 17.3 Å². The van der Waals surface area contributed by atoms with Crippen LogP contribution in [0.4, 0.5) is 5.82 Å². The van der Waals surface area contributed by atoms with Crippen molar-refractivity contribution in [2.75, 3.05) is 18.0 Å². The van der Waals surface area contributed by atoms with Crippen LogP contribution < -0.4 is 10.2 Å². The summed E-state index contributed by atoms with van der Waals surface area (Å²) in [4.78, 5) is 25.8. The molecule has 0 aromatic carbocycles. The molecule has 1 saturated carbocycles. The van der Waals surface area contributed by atoms with Crippen LogP contribution in [0.5, 0.6) is 0 Å². The van der Waals surface area contributed by atoms with Gasteiger partial charge in [-0.2, -0.15) is 0 Å². The van der Waals surface area contributed by atoms with Gasteiger partial charge in [0.2, 0.25) is 5.91 Å². The first kappa shape index (κ1) is 16.8. The lowest BCUT2D eigenvalue weighted by Crippen LogP contribution is -2.52. The first-order valence-electron chi connectivity index (χ1n) is 9.28. The second-order valence-corrected chi connectivity index (χ2v) is 9.04. The lowest BCUT2D eigenvalue weighted by atomic mass is 9.65. The van der Waals surface area contributed by atoms with E-state index in [9.17, 15) is 4.79 Å². The molecular formula is C19H26N4OS. The summed E-state index contributed by atoms with van der Waals surface area (Å²) in [6.45, 7) is 8.18. The van der Waals surface area contributed by atoms with Gasteiger partial charge in [-0.3, -0.25) is 4.79 Å². The summed E-state index contributed by atoms with van der Waals surface area (Å²) in [5.74, 6) is 1.34. The molecule has 1 aliphatic carbocycles. The number of nitrogens with zero attached hydrogens (tertiary/aromatic N) is 3. The molecule has 0 bridgehead atoms. The Labute approximate surface area is 152 Å². The average molecular weight is 359 g/mol. The summed E-state index contributed by atoms with van der Waals surface area (Å²) in [5.41, 5.74) is 0.357. The minimum absolute atomic E-state index is 0.0669. The quantitative estimate of drug-likeness (QED) is 0.910. The molecule has 1 amide bonds. The fourth-order valence-electron chi connectivity index (χ4n) is 4.22. The average Bonchev–Trinajstić information content (AvgIpc) is 3.17. The summed E-state index contributed by atoms with van der Waals surface area (Å²) >= 11 is 1.77. The summed E-state index contributed by atoms with van der Waals surface area (Å²) in [6.07, 6.45) is 6.13. The van der Waals surface area contributed by atoms with Gasteiger partial charge in [0, 0.05) is 29.9 Å². The topological polar surface area (TPSA) is 58.1 Å². The highest BCUT2D eigenvalue weighted by molar-refractivity contribution is 7.18. The number of nitrogens with one attached hydrogen (secondary N) is 1. The summed E-state index contributed by atoms with van der Waals surface area (Å²) in [6, 6.07) is 2.61. The zero-order valence-corrected chi connectivity index (χ0v) is 16.0. The van der Waals surface area contributed by atoms with E-state index in [4.69, 9.17) is 0 Å². The number of carbonyl (C=O) groups is 1. The number of aromatic nitrogens is 2. The van der Waals surface area contributed by atoms with E-state index in [-0.39, 0.29) is 11.8 Å². The van der Waals surface area contributed by atoms with Crippen molar-refractivity contribution in [1.82, 2.24) is 15.3 Å². The highest BCUT2D eigenvalue weighted by Gasteiger charge is 2.49. The van der Waals surface area contributed by atoms with E-state index in [1.54, 1.807) is 17.7 Å². The van der Waals surface area contributed by atoms with E-state index in [1.165, 1.54) is 16.7 Å². The Morgan fingerprint density at radius 1 is 1.44 bits per heavy atom. The number of thiophene rings is 1. The Balaban J connectivity index is 1.45. The van der Waals surface area contributed by atoms with Crippen LogP contribution >= 0.6 is 11.3 Å². The predicted molar refractivity (Wildman–Crippen MR) is 102 cm³/mol. The van der Waals surface area contributed by atoms with Crippen molar-refractivity contribution in [1.29, 1.82) is 0 Å². The number of hydrogen-bond donors (Lipinski definition) is 1. The first-order chi connectivity index (χ1) is 12.0. The molecule has 3 heterocycles. The molecule has 0 atom stereocenters. The highest BCUT2D eigenvalue weighted by atomic mass is 32.1. The van der Waals surface area contributed by atoms with Crippen LogP contribution in [0.2, 0.25) is 0 Å². The van der Waals surface area contributed by atoms with E-state index in [1.807, 2.05) is 13.8 Å². The Hall–Kier alpha value is -1.69. The zero-order chi connectivity index (χ0) is 17.6. The number of carbonyl (C=O) groups excluding carboxylic acids is 1. The van der Waals surface area contributed by atoms with Crippen molar-refractivity contribution in [2.24, 2.45) is 11.3 Å². The SMILES string of the molecule is CCc1cc2c(N3CCC4(CC(NC(=O)C(C)C)C4)C3)ncnc2s1. The lowest BCUT2D eigenvalue weighted by Gasteiger charge is -2.45. The number of hydrogen-bond acceptors (Lipinski definition) is 5. The van der Waals surface area contributed by atoms with E-state index in [2.05, 4.69) is 33.2 Å².